The first kappa shape index (κ1) is 22.6. The number of hydrogen-bond acceptors (Lipinski definition) is 7. The fraction of sp³-hybridized carbons (Fsp3) is 0.417. The highest BCUT2D eigenvalue weighted by atomic mass is 32.2. The summed E-state index contributed by atoms with van der Waals surface area (Å²) in [6.45, 7) is 4.94. The second-order valence-electron chi connectivity index (χ2n) is 8.25. The number of carbonyl (C=O) groups excluding carboxylic acids is 2. The summed E-state index contributed by atoms with van der Waals surface area (Å²) >= 11 is 1.76. The van der Waals surface area contributed by atoms with Crippen LogP contribution in [0.1, 0.15) is 46.2 Å². The van der Waals surface area contributed by atoms with E-state index in [1.165, 1.54) is 6.07 Å². The second-order valence-corrected chi connectivity index (χ2v) is 9.40. The van der Waals surface area contributed by atoms with Crippen molar-refractivity contribution in [1.82, 2.24) is 4.90 Å². The lowest BCUT2D eigenvalue weighted by Gasteiger charge is -2.36. The van der Waals surface area contributed by atoms with Crippen LogP contribution in [0.2, 0.25) is 0 Å². The summed E-state index contributed by atoms with van der Waals surface area (Å²) in [7, 11) is 0. The van der Waals surface area contributed by atoms with E-state index in [0.29, 0.717) is 30.8 Å². The fourth-order valence-corrected chi connectivity index (χ4v) is 5.03. The average Bonchev–Trinajstić information content (AvgIpc) is 3.17. The monoisotopic (exact) mass is 457 g/mol. The highest BCUT2D eigenvalue weighted by Crippen LogP contribution is 2.35. The van der Waals surface area contributed by atoms with Gasteiger partial charge in [0.2, 0.25) is 0 Å². The molecule has 2 aliphatic rings. The van der Waals surface area contributed by atoms with Gasteiger partial charge in [-0.25, -0.2) is 0 Å². The van der Waals surface area contributed by atoms with Crippen LogP contribution in [0, 0.1) is 0 Å². The van der Waals surface area contributed by atoms with Gasteiger partial charge in [0.15, 0.2) is 12.1 Å². The summed E-state index contributed by atoms with van der Waals surface area (Å²) in [6.07, 6.45) is 0.270. The van der Waals surface area contributed by atoms with Crippen molar-refractivity contribution in [2.75, 3.05) is 31.3 Å². The Hall–Kier alpha value is -2.55. The lowest BCUT2D eigenvalue weighted by atomic mass is 10.0. The zero-order valence-electron chi connectivity index (χ0n) is 18.2. The minimum Gasteiger partial charge on any atom is -0.507 e. The molecule has 2 aliphatic heterocycles. The van der Waals surface area contributed by atoms with Crippen molar-refractivity contribution in [1.29, 1.82) is 0 Å². The van der Waals surface area contributed by atoms with Gasteiger partial charge in [-0.1, -0.05) is 24.3 Å². The Kier molecular flexibility index (Phi) is 6.74. The third-order valence-corrected chi connectivity index (χ3v) is 6.72. The number of amides is 1. The van der Waals surface area contributed by atoms with E-state index in [2.05, 4.69) is 0 Å². The minimum absolute atomic E-state index is 0.0747. The van der Waals surface area contributed by atoms with Gasteiger partial charge in [-0.05, 0) is 37.6 Å². The maximum Gasteiger partial charge on any atom is 0.254 e. The molecule has 0 aliphatic carbocycles. The van der Waals surface area contributed by atoms with Gasteiger partial charge >= 0.3 is 0 Å². The maximum atomic E-state index is 13.6. The predicted molar refractivity (Wildman–Crippen MR) is 121 cm³/mol. The number of hydrogen-bond donors (Lipinski definition) is 1. The highest BCUT2D eigenvalue weighted by Gasteiger charge is 2.37. The van der Waals surface area contributed by atoms with E-state index < -0.39 is 5.79 Å². The standard InChI is InChI=1S/C24H27NO6S/c1-24(2)30-14-22(31-24)17-6-3-4-7-18(17)23(28)25-10-11-32-15-16(25)13-29-21-9-5-8-20(27)19(21)12-26/h3-9,12,16,22,27H,10-11,13-15H2,1-2H3/t16-,22?/m1/s1. The number of rotatable bonds is 6. The van der Waals surface area contributed by atoms with E-state index in [9.17, 15) is 14.7 Å². The van der Waals surface area contributed by atoms with E-state index >= 15 is 0 Å². The lowest BCUT2D eigenvalue weighted by molar-refractivity contribution is -0.139. The molecule has 2 aromatic carbocycles. The van der Waals surface area contributed by atoms with Crippen LogP contribution in [0.15, 0.2) is 42.5 Å². The number of carbonyl (C=O) groups is 2. The molecular weight excluding hydrogens is 430 g/mol. The molecule has 2 atom stereocenters. The third kappa shape index (κ3) is 4.77. The fourth-order valence-electron chi connectivity index (χ4n) is 3.99. The Morgan fingerprint density at radius 3 is 2.84 bits per heavy atom. The summed E-state index contributed by atoms with van der Waals surface area (Å²) in [4.78, 5) is 26.8. The summed E-state index contributed by atoms with van der Waals surface area (Å²) in [6, 6.07) is 12.0. The molecule has 0 bridgehead atoms. The molecule has 1 unspecified atom stereocenters. The van der Waals surface area contributed by atoms with Crippen molar-refractivity contribution in [3.63, 3.8) is 0 Å². The minimum atomic E-state index is -0.684. The van der Waals surface area contributed by atoms with Crippen LogP contribution >= 0.6 is 11.8 Å². The largest absolute Gasteiger partial charge is 0.507 e. The van der Waals surface area contributed by atoms with Gasteiger partial charge in [-0.3, -0.25) is 9.59 Å². The second kappa shape index (κ2) is 9.52. The van der Waals surface area contributed by atoms with Gasteiger partial charge in [-0.2, -0.15) is 11.8 Å². The molecule has 2 aromatic rings. The molecule has 0 radical (unpaired) electrons. The topological polar surface area (TPSA) is 85.3 Å². The Balaban J connectivity index is 1.53. The molecule has 0 spiro atoms. The molecule has 0 saturated carbocycles. The van der Waals surface area contributed by atoms with Crippen molar-refractivity contribution in [2.45, 2.75) is 31.8 Å². The first-order valence-electron chi connectivity index (χ1n) is 10.6. The van der Waals surface area contributed by atoms with Crippen LogP contribution in [0.3, 0.4) is 0 Å². The van der Waals surface area contributed by atoms with E-state index in [0.717, 1.165) is 17.1 Å². The van der Waals surface area contributed by atoms with E-state index in [1.807, 2.05) is 43.0 Å². The Bertz CT molecular complexity index is 994. The maximum absolute atomic E-state index is 13.6. The lowest BCUT2D eigenvalue weighted by Crippen LogP contribution is -2.49. The molecule has 4 rings (SSSR count). The first-order valence-corrected chi connectivity index (χ1v) is 11.7. The Labute approximate surface area is 191 Å². The quantitative estimate of drug-likeness (QED) is 0.663. The van der Waals surface area contributed by atoms with Gasteiger partial charge in [-0.15, -0.1) is 0 Å². The van der Waals surface area contributed by atoms with E-state index in [1.54, 1.807) is 23.9 Å². The number of phenolic OH excluding ortho intramolecular Hbond substituents is 1. The van der Waals surface area contributed by atoms with Gasteiger partial charge in [0.25, 0.3) is 5.91 Å². The molecule has 32 heavy (non-hydrogen) atoms. The Morgan fingerprint density at radius 1 is 1.28 bits per heavy atom. The van der Waals surface area contributed by atoms with Crippen LogP contribution < -0.4 is 4.74 Å². The molecule has 0 aromatic heterocycles. The zero-order chi connectivity index (χ0) is 22.7. The SMILES string of the molecule is CC1(C)OCC(c2ccccc2C(=O)N2CCSC[C@H]2COc2cccc(O)c2C=O)O1. The zero-order valence-corrected chi connectivity index (χ0v) is 19.0. The molecule has 2 heterocycles. The number of thioether (sulfide) groups is 1. The van der Waals surface area contributed by atoms with Crippen LogP contribution in [-0.4, -0.2) is 65.3 Å². The molecule has 7 nitrogen and oxygen atoms in total. The van der Waals surface area contributed by atoms with Crippen molar-refractivity contribution in [3.05, 3.63) is 59.2 Å². The smallest absolute Gasteiger partial charge is 0.254 e. The number of ether oxygens (including phenoxy) is 3. The van der Waals surface area contributed by atoms with E-state index in [-0.39, 0.29) is 36.0 Å². The van der Waals surface area contributed by atoms with Crippen LogP contribution in [0.25, 0.3) is 0 Å². The number of phenols is 1. The highest BCUT2D eigenvalue weighted by molar-refractivity contribution is 7.99. The van der Waals surface area contributed by atoms with Crippen LogP contribution in [0.5, 0.6) is 11.5 Å². The number of aldehydes is 1. The number of benzene rings is 2. The summed E-state index contributed by atoms with van der Waals surface area (Å²) in [5.74, 6) is 0.984. The van der Waals surface area contributed by atoms with Gasteiger partial charge in [0, 0.05) is 23.6 Å². The molecule has 2 fully saturated rings. The Morgan fingerprint density at radius 2 is 2.09 bits per heavy atom. The van der Waals surface area contributed by atoms with E-state index in [4.69, 9.17) is 14.2 Å². The number of nitrogens with zero attached hydrogens (tertiary/aromatic N) is 1. The van der Waals surface area contributed by atoms with Crippen molar-refractivity contribution >= 4 is 24.0 Å². The average molecular weight is 458 g/mol. The van der Waals surface area contributed by atoms with Crippen molar-refractivity contribution < 1.29 is 28.9 Å². The van der Waals surface area contributed by atoms with Crippen molar-refractivity contribution in [3.8, 4) is 11.5 Å². The summed E-state index contributed by atoms with van der Waals surface area (Å²) in [5, 5.41) is 9.89. The van der Waals surface area contributed by atoms with Crippen LogP contribution in [0.4, 0.5) is 0 Å². The van der Waals surface area contributed by atoms with Gasteiger partial charge in [0.05, 0.1) is 18.2 Å². The molecule has 1 amide bonds. The molecule has 170 valence electrons. The van der Waals surface area contributed by atoms with Gasteiger partial charge < -0.3 is 24.2 Å². The summed E-state index contributed by atoms with van der Waals surface area (Å²) in [5.41, 5.74) is 1.53. The van der Waals surface area contributed by atoms with Crippen LogP contribution in [-0.2, 0) is 9.47 Å². The van der Waals surface area contributed by atoms with Crippen molar-refractivity contribution in [2.24, 2.45) is 0 Å². The summed E-state index contributed by atoms with van der Waals surface area (Å²) < 4.78 is 17.6. The molecule has 1 N–H and O–H groups in total. The molecular formula is C24H27NO6S. The normalized spacial score (nSPS) is 22.5. The third-order valence-electron chi connectivity index (χ3n) is 5.63. The first-order chi connectivity index (χ1) is 15.4. The molecule has 8 heteroatoms. The van der Waals surface area contributed by atoms with Gasteiger partial charge in [0.1, 0.15) is 24.2 Å². The predicted octanol–water partition coefficient (Wildman–Crippen LogP) is 3.67. The molecule has 2 saturated heterocycles. The number of aromatic hydroxyl groups is 1.